The molecule has 7 nitrogen and oxygen atoms in total. The van der Waals surface area contributed by atoms with Gasteiger partial charge in [-0.1, -0.05) is 6.07 Å². The Morgan fingerprint density at radius 1 is 1.11 bits per heavy atom. The third-order valence-corrected chi connectivity index (χ3v) is 7.85. The number of likely N-dealkylation sites (tertiary alicyclic amines) is 2. The highest BCUT2D eigenvalue weighted by atomic mass is 19.1. The minimum Gasteiger partial charge on any atom is -0.497 e. The van der Waals surface area contributed by atoms with Crippen molar-refractivity contribution in [2.75, 3.05) is 39.3 Å². The number of rotatable bonds is 5. The SMILES string of the molecule is O=C(N1CCC(n2c(-c3ccccn3)nc3cc(F)ccc32)CC1)C1(F)CCN(CC2=CCCO2)CC1. The zero-order valence-electron chi connectivity index (χ0n) is 20.8. The van der Waals surface area contributed by atoms with Crippen LogP contribution >= 0.6 is 0 Å². The highest BCUT2D eigenvalue weighted by Gasteiger charge is 2.45. The number of fused-ring (bicyclic) bond motifs is 1. The number of benzene rings is 1. The molecule has 0 unspecified atom stereocenters. The first-order valence-electron chi connectivity index (χ1n) is 13.1. The molecule has 3 aliphatic rings. The van der Waals surface area contributed by atoms with Crippen molar-refractivity contribution in [3.8, 4) is 11.5 Å². The van der Waals surface area contributed by atoms with Crippen molar-refractivity contribution in [2.45, 2.75) is 43.8 Å². The van der Waals surface area contributed by atoms with Crippen LogP contribution in [-0.4, -0.2) is 75.2 Å². The second-order valence-electron chi connectivity index (χ2n) is 10.2. The second-order valence-corrected chi connectivity index (χ2v) is 10.2. The van der Waals surface area contributed by atoms with Crippen molar-refractivity contribution in [2.24, 2.45) is 0 Å². The molecule has 6 rings (SSSR count). The highest BCUT2D eigenvalue weighted by molar-refractivity contribution is 5.85. The van der Waals surface area contributed by atoms with Gasteiger partial charge in [-0.25, -0.2) is 13.8 Å². The van der Waals surface area contributed by atoms with Gasteiger partial charge < -0.3 is 14.2 Å². The lowest BCUT2D eigenvalue weighted by molar-refractivity contribution is -0.148. The molecule has 0 bridgehead atoms. The van der Waals surface area contributed by atoms with Crippen LogP contribution in [-0.2, 0) is 9.53 Å². The molecule has 37 heavy (non-hydrogen) atoms. The number of piperidine rings is 2. The van der Waals surface area contributed by atoms with Crippen LogP contribution in [0.25, 0.3) is 22.6 Å². The van der Waals surface area contributed by atoms with Gasteiger partial charge in [-0.3, -0.25) is 14.7 Å². The molecule has 5 heterocycles. The van der Waals surface area contributed by atoms with Crippen molar-refractivity contribution in [1.29, 1.82) is 0 Å². The molecule has 0 N–H and O–H groups in total. The molecule has 3 aliphatic heterocycles. The van der Waals surface area contributed by atoms with Gasteiger partial charge >= 0.3 is 0 Å². The van der Waals surface area contributed by atoms with E-state index in [9.17, 15) is 9.18 Å². The van der Waals surface area contributed by atoms with E-state index >= 15 is 4.39 Å². The van der Waals surface area contributed by atoms with E-state index in [1.807, 2.05) is 18.2 Å². The molecule has 2 fully saturated rings. The number of carbonyl (C=O) groups excluding carboxylic acids is 1. The molecule has 1 aromatic carbocycles. The molecule has 0 radical (unpaired) electrons. The lowest BCUT2D eigenvalue weighted by Crippen LogP contribution is -2.54. The van der Waals surface area contributed by atoms with Gasteiger partial charge in [0.05, 0.1) is 24.2 Å². The summed E-state index contributed by atoms with van der Waals surface area (Å²) in [5.41, 5.74) is 0.313. The van der Waals surface area contributed by atoms with Gasteiger partial charge in [0, 0.05) is 63.7 Å². The van der Waals surface area contributed by atoms with Gasteiger partial charge in [-0.2, -0.15) is 0 Å². The number of amides is 1. The van der Waals surface area contributed by atoms with E-state index in [0.717, 1.165) is 24.3 Å². The molecule has 1 amide bonds. The summed E-state index contributed by atoms with van der Waals surface area (Å²) in [6.07, 6.45) is 6.49. The summed E-state index contributed by atoms with van der Waals surface area (Å²) in [5.74, 6) is 0.919. The Labute approximate surface area is 214 Å². The lowest BCUT2D eigenvalue weighted by Gasteiger charge is -2.40. The van der Waals surface area contributed by atoms with E-state index in [0.29, 0.717) is 62.6 Å². The number of hydrogen-bond acceptors (Lipinski definition) is 5. The third-order valence-electron chi connectivity index (χ3n) is 7.85. The van der Waals surface area contributed by atoms with Crippen LogP contribution in [0.15, 0.2) is 54.4 Å². The fourth-order valence-corrected chi connectivity index (χ4v) is 5.81. The summed E-state index contributed by atoms with van der Waals surface area (Å²) >= 11 is 0. The predicted octanol–water partition coefficient (Wildman–Crippen LogP) is 4.51. The molecule has 0 saturated carbocycles. The average molecular weight is 508 g/mol. The van der Waals surface area contributed by atoms with Crippen molar-refractivity contribution in [3.63, 3.8) is 0 Å². The van der Waals surface area contributed by atoms with E-state index in [2.05, 4.69) is 20.5 Å². The normalized spacial score (nSPS) is 20.7. The molecule has 3 aromatic rings. The first-order chi connectivity index (χ1) is 18.0. The summed E-state index contributed by atoms with van der Waals surface area (Å²) in [7, 11) is 0. The summed E-state index contributed by atoms with van der Waals surface area (Å²) in [6.45, 7) is 3.45. The number of hydrogen-bond donors (Lipinski definition) is 0. The number of ether oxygens (including phenoxy) is 1. The fourth-order valence-electron chi connectivity index (χ4n) is 5.81. The molecule has 0 spiro atoms. The number of halogens is 2. The van der Waals surface area contributed by atoms with E-state index in [-0.39, 0.29) is 30.6 Å². The first-order valence-corrected chi connectivity index (χ1v) is 13.1. The third kappa shape index (κ3) is 4.72. The van der Waals surface area contributed by atoms with E-state index in [1.54, 1.807) is 17.2 Å². The number of alkyl halides is 1. The number of aromatic nitrogens is 3. The van der Waals surface area contributed by atoms with Crippen LogP contribution in [0.3, 0.4) is 0 Å². The van der Waals surface area contributed by atoms with Crippen LogP contribution in [0.5, 0.6) is 0 Å². The summed E-state index contributed by atoms with van der Waals surface area (Å²) in [5, 5.41) is 0. The molecule has 194 valence electrons. The van der Waals surface area contributed by atoms with Crippen molar-refractivity contribution in [1.82, 2.24) is 24.3 Å². The Bertz CT molecular complexity index is 1310. The lowest BCUT2D eigenvalue weighted by atomic mass is 9.90. The topological polar surface area (TPSA) is 63.5 Å². The van der Waals surface area contributed by atoms with Crippen LogP contribution in [0, 0.1) is 5.82 Å². The number of nitrogens with zero attached hydrogens (tertiary/aromatic N) is 5. The number of carbonyl (C=O) groups is 1. The minimum absolute atomic E-state index is 0.0496. The minimum atomic E-state index is -1.81. The Kier molecular flexibility index (Phi) is 6.40. The average Bonchev–Trinajstić information content (AvgIpc) is 3.58. The smallest absolute Gasteiger partial charge is 0.260 e. The van der Waals surface area contributed by atoms with Gasteiger partial charge in [-0.05, 0) is 43.2 Å². The Morgan fingerprint density at radius 2 is 1.92 bits per heavy atom. The fraction of sp³-hybridized carbons (Fsp3) is 0.464. The standard InChI is InChI=1S/C28H31F2N5O2/c29-20-6-7-25-24(18-20)32-26(23-5-1-2-12-31-23)35(25)21-8-13-34(14-9-21)27(36)28(30)10-15-33(16-11-28)19-22-4-3-17-37-22/h1-2,4-7,12,18,21H,3,8-11,13-17,19H2. The van der Waals surface area contributed by atoms with Crippen molar-refractivity contribution < 1.29 is 18.3 Å². The molecule has 9 heteroatoms. The molecular formula is C28H31F2N5O2. The van der Waals surface area contributed by atoms with Crippen LogP contribution < -0.4 is 0 Å². The van der Waals surface area contributed by atoms with Crippen LogP contribution in [0.2, 0.25) is 0 Å². The maximum Gasteiger partial charge on any atom is 0.260 e. The highest BCUT2D eigenvalue weighted by Crippen LogP contribution is 2.35. The summed E-state index contributed by atoms with van der Waals surface area (Å²) in [4.78, 5) is 26.3. The van der Waals surface area contributed by atoms with Gasteiger partial charge in [0.15, 0.2) is 11.5 Å². The largest absolute Gasteiger partial charge is 0.497 e. The predicted molar refractivity (Wildman–Crippen MR) is 136 cm³/mol. The van der Waals surface area contributed by atoms with Crippen LogP contribution in [0.4, 0.5) is 8.78 Å². The first kappa shape index (κ1) is 24.0. The Balaban J connectivity index is 1.15. The van der Waals surface area contributed by atoms with Crippen LogP contribution in [0.1, 0.15) is 38.1 Å². The van der Waals surface area contributed by atoms with E-state index in [1.165, 1.54) is 12.1 Å². The van der Waals surface area contributed by atoms with Gasteiger partial charge in [-0.15, -0.1) is 0 Å². The van der Waals surface area contributed by atoms with E-state index < -0.39 is 5.67 Å². The zero-order valence-corrected chi connectivity index (χ0v) is 20.8. The zero-order chi connectivity index (χ0) is 25.4. The number of pyridine rings is 1. The van der Waals surface area contributed by atoms with Gasteiger partial charge in [0.2, 0.25) is 0 Å². The van der Waals surface area contributed by atoms with Gasteiger partial charge in [0.1, 0.15) is 17.3 Å². The van der Waals surface area contributed by atoms with Gasteiger partial charge in [0.25, 0.3) is 5.91 Å². The monoisotopic (exact) mass is 507 g/mol. The molecule has 2 saturated heterocycles. The maximum atomic E-state index is 15.8. The maximum absolute atomic E-state index is 15.8. The molecule has 0 aliphatic carbocycles. The summed E-state index contributed by atoms with van der Waals surface area (Å²) in [6, 6.07) is 10.3. The number of imidazole rings is 1. The summed E-state index contributed by atoms with van der Waals surface area (Å²) < 4.78 is 37.5. The van der Waals surface area contributed by atoms with E-state index in [4.69, 9.17) is 9.72 Å². The molecule has 0 atom stereocenters. The second kappa shape index (κ2) is 9.85. The molecular weight excluding hydrogens is 476 g/mol. The molecule has 2 aromatic heterocycles. The Morgan fingerprint density at radius 3 is 2.62 bits per heavy atom. The van der Waals surface area contributed by atoms with Crippen molar-refractivity contribution >= 4 is 16.9 Å². The quantitative estimate of drug-likeness (QED) is 0.509. The van der Waals surface area contributed by atoms with Crippen molar-refractivity contribution in [3.05, 3.63) is 60.2 Å². The Hall–Kier alpha value is -3.33.